The quantitative estimate of drug-likeness (QED) is 0.624. The van der Waals surface area contributed by atoms with Crippen molar-refractivity contribution in [3.05, 3.63) is 60.2 Å². The fraction of sp³-hybridized carbons (Fsp3) is 0.235. The summed E-state index contributed by atoms with van der Waals surface area (Å²) < 4.78 is 10.2. The second kappa shape index (κ2) is 9.00. The first-order valence-corrected chi connectivity index (χ1v) is 7.98. The zero-order chi connectivity index (χ0) is 15.6. The SMILES string of the molecule is COc1ccc(SCCOC(=O)NCc2ccccc2)cc1. The minimum absolute atomic E-state index is 0.372. The topological polar surface area (TPSA) is 47.6 Å². The Bertz CT molecular complexity index is 572. The number of methoxy groups -OCH3 is 1. The molecule has 0 radical (unpaired) electrons. The van der Waals surface area contributed by atoms with Crippen molar-refractivity contribution < 1.29 is 14.3 Å². The van der Waals surface area contributed by atoms with Gasteiger partial charge in [0, 0.05) is 17.2 Å². The fourth-order valence-corrected chi connectivity index (χ4v) is 2.52. The van der Waals surface area contributed by atoms with Gasteiger partial charge in [0.1, 0.15) is 12.4 Å². The molecule has 4 nitrogen and oxygen atoms in total. The highest BCUT2D eigenvalue weighted by atomic mass is 32.2. The van der Waals surface area contributed by atoms with E-state index in [0.29, 0.717) is 18.9 Å². The second-order valence-electron chi connectivity index (χ2n) is 4.50. The Morgan fingerprint density at radius 2 is 1.82 bits per heavy atom. The summed E-state index contributed by atoms with van der Waals surface area (Å²) in [6.07, 6.45) is -0.390. The molecule has 5 heteroatoms. The van der Waals surface area contributed by atoms with Crippen LogP contribution in [0.1, 0.15) is 5.56 Å². The average Bonchev–Trinajstić information content (AvgIpc) is 2.58. The summed E-state index contributed by atoms with van der Waals surface area (Å²) in [5.74, 6) is 1.55. The van der Waals surface area contributed by atoms with E-state index in [1.165, 1.54) is 0 Å². The molecule has 0 spiro atoms. The molecular formula is C17H19NO3S. The molecule has 2 aromatic carbocycles. The molecule has 1 amide bonds. The molecule has 0 aromatic heterocycles. The third-order valence-corrected chi connectivity index (χ3v) is 3.90. The van der Waals surface area contributed by atoms with Gasteiger partial charge in [-0.1, -0.05) is 30.3 Å². The van der Waals surface area contributed by atoms with Crippen LogP contribution >= 0.6 is 11.8 Å². The molecule has 0 unspecified atom stereocenters. The van der Waals surface area contributed by atoms with E-state index in [2.05, 4.69) is 5.32 Å². The van der Waals surface area contributed by atoms with Crippen LogP contribution < -0.4 is 10.1 Å². The van der Waals surface area contributed by atoms with Gasteiger partial charge in [0.2, 0.25) is 0 Å². The number of nitrogens with one attached hydrogen (secondary N) is 1. The third-order valence-electron chi connectivity index (χ3n) is 2.92. The van der Waals surface area contributed by atoms with Crippen LogP contribution in [-0.4, -0.2) is 25.6 Å². The smallest absolute Gasteiger partial charge is 0.407 e. The van der Waals surface area contributed by atoms with Crippen LogP contribution in [0, 0.1) is 0 Å². The molecule has 2 rings (SSSR count). The average molecular weight is 317 g/mol. The van der Waals surface area contributed by atoms with Crippen molar-refractivity contribution >= 4 is 17.9 Å². The molecule has 1 N–H and O–H groups in total. The molecule has 0 heterocycles. The zero-order valence-electron chi connectivity index (χ0n) is 12.5. The highest BCUT2D eigenvalue weighted by molar-refractivity contribution is 7.99. The summed E-state index contributed by atoms with van der Waals surface area (Å²) in [5.41, 5.74) is 1.05. The molecule has 0 aliphatic rings. The summed E-state index contributed by atoms with van der Waals surface area (Å²) in [7, 11) is 1.64. The standard InChI is InChI=1S/C17H19NO3S/c1-20-15-7-9-16(10-8-15)22-12-11-21-17(19)18-13-14-5-3-2-4-6-14/h2-10H,11-13H2,1H3,(H,18,19). The van der Waals surface area contributed by atoms with Crippen LogP contribution in [0.3, 0.4) is 0 Å². The van der Waals surface area contributed by atoms with E-state index in [1.807, 2.05) is 54.6 Å². The van der Waals surface area contributed by atoms with Crippen LogP contribution in [0.15, 0.2) is 59.5 Å². The number of alkyl carbamates (subject to hydrolysis) is 1. The summed E-state index contributed by atoms with van der Waals surface area (Å²) >= 11 is 1.64. The summed E-state index contributed by atoms with van der Waals surface area (Å²) in [6.45, 7) is 0.850. The molecular weight excluding hydrogens is 298 g/mol. The number of benzene rings is 2. The maximum Gasteiger partial charge on any atom is 0.407 e. The normalized spacial score (nSPS) is 10.0. The Morgan fingerprint density at radius 3 is 2.50 bits per heavy atom. The zero-order valence-corrected chi connectivity index (χ0v) is 13.3. The van der Waals surface area contributed by atoms with Gasteiger partial charge in [0.05, 0.1) is 7.11 Å². The molecule has 22 heavy (non-hydrogen) atoms. The molecule has 0 aliphatic heterocycles. The van der Waals surface area contributed by atoms with Gasteiger partial charge in [0.15, 0.2) is 0 Å². The lowest BCUT2D eigenvalue weighted by atomic mass is 10.2. The predicted octanol–water partition coefficient (Wildman–Crippen LogP) is 3.71. The minimum Gasteiger partial charge on any atom is -0.497 e. The van der Waals surface area contributed by atoms with Gasteiger partial charge >= 0.3 is 6.09 Å². The van der Waals surface area contributed by atoms with E-state index in [4.69, 9.17) is 9.47 Å². The number of rotatable bonds is 7. The van der Waals surface area contributed by atoms with Gasteiger partial charge in [-0.2, -0.15) is 0 Å². The number of carbonyl (C=O) groups excluding carboxylic acids is 1. The maximum atomic E-state index is 11.6. The van der Waals surface area contributed by atoms with E-state index in [1.54, 1.807) is 18.9 Å². The number of thioether (sulfide) groups is 1. The van der Waals surface area contributed by atoms with Crippen molar-refractivity contribution in [2.45, 2.75) is 11.4 Å². The van der Waals surface area contributed by atoms with Crippen LogP contribution in [0.25, 0.3) is 0 Å². The van der Waals surface area contributed by atoms with E-state index in [9.17, 15) is 4.79 Å². The summed E-state index contributed by atoms with van der Waals surface area (Å²) in [5, 5.41) is 2.73. The van der Waals surface area contributed by atoms with Gasteiger partial charge in [-0.25, -0.2) is 4.79 Å². The minimum atomic E-state index is -0.390. The Hall–Kier alpha value is -2.14. The predicted molar refractivity (Wildman–Crippen MR) is 88.3 cm³/mol. The van der Waals surface area contributed by atoms with Gasteiger partial charge in [0.25, 0.3) is 0 Å². The van der Waals surface area contributed by atoms with E-state index in [0.717, 1.165) is 16.2 Å². The van der Waals surface area contributed by atoms with Crippen molar-refractivity contribution in [3.8, 4) is 5.75 Å². The third kappa shape index (κ3) is 5.69. The maximum absolute atomic E-state index is 11.6. The van der Waals surface area contributed by atoms with E-state index >= 15 is 0 Å². The van der Waals surface area contributed by atoms with E-state index < -0.39 is 0 Å². The first kappa shape index (κ1) is 16.2. The lowest BCUT2D eigenvalue weighted by Crippen LogP contribution is -2.24. The lowest BCUT2D eigenvalue weighted by molar-refractivity contribution is 0.152. The first-order valence-electron chi connectivity index (χ1n) is 6.99. The van der Waals surface area contributed by atoms with Gasteiger partial charge in [-0.05, 0) is 29.8 Å². The molecule has 0 bridgehead atoms. The lowest BCUT2D eigenvalue weighted by Gasteiger charge is -2.07. The van der Waals surface area contributed by atoms with Crippen molar-refractivity contribution in [2.75, 3.05) is 19.5 Å². The van der Waals surface area contributed by atoms with Crippen molar-refractivity contribution in [1.82, 2.24) is 5.32 Å². The summed E-state index contributed by atoms with van der Waals surface area (Å²) in [4.78, 5) is 12.7. The van der Waals surface area contributed by atoms with Crippen LogP contribution in [-0.2, 0) is 11.3 Å². The van der Waals surface area contributed by atoms with Crippen LogP contribution in [0.4, 0.5) is 4.79 Å². The van der Waals surface area contributed by atoms with Gasteiger partial charge in [-0.3, -0.25) is 0 Å². The summed E-state index contributed by atoms with van der Waals surface area (Å²) in [6, 6.07) is 17.5. The Balaban J connectivity index is 1.60. The van der Waals surface area contributed by atoms with Crippen molar-refractivity contribution in [3.63, 3.8) is 0 Å². The molecule has 0 saturated carbocycles. The van der Waals surface area contributed by atoms with E-state index in [-0.39, 0.29) is 6.09 Å². The first-order chi connectivity index (χ1) is 10.8. The van der Waals surface area contributed by atoms with Gasteiger partial charge < -0.3 is 14.8 Å². The highest BCUT2D eigenvalue weighted by Gasteiger charge is 2.02. The number of ether oxygens (including phenoxy) is 2. The molecule has 0 atom stereocenters. The molecule has 2 aromatic rings. The van der Waals surface area contributed by atoms with Crippen LogP contribution in [0.2, 0.25) is 0 Å². The Morgan fingerprint density at radius 1 is 1.09 bits per heavy atom. The monoisotopic (exact) mass is 317 g/mol. The second-order valence-corrected chi connectivity index (χ2v) is 5.67. The van der Waals surface area contributed by atoms with Crippen molar-refractivity contribution in [1.29, 1.82) is 0 Å². The largest absolute Gasteiger partial charge is 0.497 e. The number of carbonyl (C=O) groups is 1. The Labute approximate surface area is 134 Å². The fourth-order valence-electron chi connectivity index (χ4n) is 1.79. The number of amides is 1. The molecule has 0 aliphatic carbocycles. The number of hydrogen-bond donors (Lipinski definition) is 1. The molecule has 0 fully saturated rings. The van der Waals surface area contributed by atoms with Gasteiger partial charge in [-0.15, -0.1) is 11.8 Å². The van der Waals surface area contributed by atoms with Crippen molar-refractivity contribution in [2.24, 2.45) is 0 Å². The van der Waals surface area contributed by atoms with Crippen LogP contribution in [0.5, 0.6) is 5.75 Å². The number of hydrogen-bond acceptors (Lipinski definition) is 4. The highest BCUT2D eigenvalue weighted by Crippen LogP contribution is 2.20. The molecule has 0 saturated heterocycles. The molecule has 116 valence electrons. The Kier molecular flexibility index (Phi) is 6.64.